The first kappa shape index (κ1) is 23.7. The lowest BCUT2D eigenvalue weighted by Gasteiger charge is -2.37. The Bertz CT molecular complexity index is 1150. The van der Waals surface area contributed by atoms with Crippen LogP contribution in [0.25, 0.3) is 0 Å². The Hall–Kier alpha value is -3.07. The molecule has 0 radical (unpaired) electrons. The third kappa shape index (κ3) is 5.78. The maximum absolute atomic E-state index is 13.7. The number of benzene rings is 2. The van der Waals surface area contributed by atoms with Gasteiger partial charge in [0.05, 0.1) is 19.8 Å². The fourth-order valence-electron chi connectivity index (χ4n) is 4.70. The largest absolute Gasteiger partial charge is 0.455 e. The van der Waals surface area contributed by atoms with Gasteiger partial charge >= 0.3 is 0 Å². The molecule has 184 valence electrons. The standard InChI is InChI=1S/C27H28F2N2O4/c28-22-6-4-20(5-7-22)17-30(18-21-2-1-3-23(29)16-21)19-24-8-9-25(35-24)26(32)31-12-10-27(11-13-31)33-14-15-34-27/h1-9,16H,10-15,17-19H2. The van der Waals surface area contributed by atoms with Gasteiger partial charge in [0.1, 0.15) is 17.4 Å². The molecular weight excluding hydrogens is 454 g/mol. The molecule has 2 saturated heterocycles. The molecule has 0 bridgehead atoms. The molecule has 2 aliphatic rings. The fraction of sp³-hybridized carbons (Fsp3) is 0.370. The van der Waals surface area contributed by atoms with E-state index in [1.807, 2.05) is 6.07 Å². The molecule has 8 heteroatoms. The van der Waals surface area contributed by atoms with Gasteiger partial charge in [0.25, 0.3) is 5.91 Å². The van der Waals surface area contributed by atoms with Gasteiger partial charge in [-0.05, 0) is 47.5 Å². The molecule has 1 spiro atoms. The van der Waals surface area contributed by atoms with Gasteiger partial charge < -0.3 is 18.8 Å². The second kappa shape index (κ2) is 10.3. The van der Waals surface area contributed by atoms with Crippen LogP contribution in [0.2, 0.25) is 0 Å². The molecular formula is C27H28F2N2O4. The zero-order chi connectivity index (χ0) is 24.3. The van der Waals surface area contributed by atoms with Gasteiger partial charge in [-0.2, -0.15) is 0 Å². The maximum atomic E-state index is 13.7. The normalized spacial score (nSPS) is 17.4. The topological polar surface area (TPSA) is 55.2 Å². The number of carbonyl (C=O) groups excluding carboxylic acids is 1. The molecule has 0 unspecified atom stereocenters. The Kier molecular flexibility index (Phi) is 6.95. The van der Waals surface area contributed by atoms with Crippen molar-refractivity contribution < 1.29 is 27.5 Å². The molecule has 0 atom stereocenters. The predicted molar refractivity (Wildman–Crippen MR) is 124 cm³/mol. The molecule has 1 amide bonds. The van der Waals surface area contributed by atoms with Crippen molar-refractivity contribution in [2.75, 3.05) is 26.3 Å². The van der Waals surface area contributed by atoms with Gasteiger partial charge in [-0.1, -0.05) is 24.3 Å². The lowest BCUT2D eigenvalue weighted by atomic mass is 10.0. The average Bonchev–Trinajstić information content (AvgIpc) is 3.51. The number of halogens is 2. The van der Waals surface area contributed by atoms with Gasteiger partial charge in [-0.3, -0.25) is 9.69 Å². The third-order valence-corrected chi connectivity index (χ3v) is 6.49. The van der Waals surface area contributed by atoms with Crippen LogP contribution in [-0.2, 0) is 29.1 Å². The molecule has 5 rings (SSSR count). The van der Waals surface area contributed by atoms with Gasteiger partial charge in [-0.25, -0.2) is 8.78 Å². The molecule has 3 aromatic rings. The highest BCUT2D eigenvalue weighted by Gasteiger charge is 2.41. The SMILES string of the molecule is O=C(c1ccc(CN(Cc2ccc(F)cc2)Cc2cccc(F)c2)o1)N1CCC2(CC1)OCCO2. The summed E-state index contributed by atoms with van der Waals surface area (Å²) in [5.41, 5.74) is 1.73. The van der Waals surface area contributed by atoms with Crippen molar-refractivity contribution in [1.82, 2.24) is 9.80 Å². The van der Waals surface area contributed by atoms with E-state index < -0.39 is 5.79 Å². The summed E-state index contributed by atoms with van der Waals surface area (Å²) in [5, 5.41) is 0. The van der Waals surface area contributed by atoms with E-state index in [0.29, 0.717) is 64.5 Å². The molecule has 2 aromatic carbocycles. The summed E-state index contributed by atoms with van der Waals surface area (Å²) in [4.78, 5) is 16.8. The van der Waals surface area contributed by atoms with Gasteiger partial charge in [0.15, 0.2) is 11.5 Å². The number of likely N-dealkylation sites (tertiary alicyclic amines) is 1. The zero-order valence-corrected chi connectivity index (χ0v) is 19.4. The van der Waals surface area contributed by atoms with Gasteiger partial charge in [0.2, 0.25) is 0 Å². The first-order valence-corrected chi connectivity index (χ1v) is 11.9. The highest BCUT2D eigenvalue weighted by Crippen LogP contribution is 2.32. The van der Waals surface area contributed by atoms with E-state index in [4.69, 9.17) is 13.9 Å². The van der Waals surface area contributed by atoms with Crippen LogP contribution >= 0.6 is 0 Å². The molecule has 2 aliphatic heterocycles. The summed E-state index contributed by atoms with van der Waals surface area (Å²) in [7, 11) is 0. The number of nitrogens with zero attached hydrogens (tertiary/aromatic N) is 2. The highest BCUT2D eigenvalue weighted by molar-refractivity contribution is 5.91. The minimum atomic E-state index is -0.539. The molecule has 6 nitrogen and oxygen atoms in total. The maximum Gasteiger partial charge on any atom is 0.289 e. The lowest BCUT2D eigenvalue weighted by Crippen LogP contribution is -2.47. The van der Waals surface area contributed by atoms with Crippen LogP contribution in [0.5, 0.6) is 0 Å². The Labute approximate surface area is 203 Å². The molecule has 0 saturated carbocycles. The number of amides is 1. The van der Waals surface area contributed by atoms with Crippen LogP contribution in [0.1, 0.15) is 40.3 Å². The van der Waals surface area contributed by atoms with Crippen molar-refractivity contribution in [3.05, 3.63) is 94.9 Å². The van der Waals surface area contributed by atoms with E-state index >= 15 is 0 Å². The highest BCUT2D eigenvalue weighted by atomic mass is 19.1. The summed E-state index contributed by atoms with van der Waals surface area (Å²) >= 11 is 0. The van der Waals surface area contributed by atoms with Crippen molar-refractivity contribution in [3.8, 4) is 0 Å². The first-order chi connectivity index (χ1) is 17.0. The minimum Gasteiger partial charge on any atom is -0.455 e. The first-order valence-electron chi connectivity index (χ1n) is 11.9. The Morgan fingerprint density at radius 3 is 2.29 bits per heavy atom. The van der Waals surface area contributed by atoms with Crippen molar-refractivity contribution in [3.63, 3.8) is 0 Å². The van der Waals surface area contributed by atoms with Crippen LogP contribution in [0.3, 0.4) is 0 Å². The number of ether oxygens (including phenoxy) is 2. The molecule has 0 aliphatic carbocycles. The molecule has 35 heavy (non-hydrogen) atoms. The summed E-state index contributed by atoms with van der Waals surface area (Å²) in [6.45, 7) is 3.67. The second-order valence-corrected chi connectivity index (χ2v) is 9.07. The quantitative estimate of drug-likeness (QED) is 0.487. The van der Waals surface area contributed by atoms with Crippen molar-refractivity contribution >= 4 is 5.91 Å². The number of carbonyl (C=O) groups is 1. The molecule has 1 aromatic heterocycles. The Balaban J connectivity index is 1.26. The zero-order valence-electron chi connectivity index (χ0n) is 19.4. The molecule has 0 N–H and O–H groups in total. The van der Waals surface area contributed by atoms with Crippen molar-refractivity contribution in [2.45, 2.75) is 38.3 Å². The minimum absolute atomic E-state index is 0.153. The fourth-order valence-corrected chi connectivity index (χ4v) is 4.70. The summed E-state index contributed by atoms with van der Waals surface area (Å²) in [5.74, 6) is -0.372. The number of hydrogen-bond donors (Lipinski definition) is 0. The summed E-state index contributed by atoms with van der Waals surface area (Å²) < 4.78 is 44.5. The summed E-state index contributed by atoms with van der Waals surface area (Å²) in [6.07, 6.45) is 1.29. The Morgan fingerprint density at radius 1 is 0.857 bits per heavy atom. The van der Waals surface area contributed by atoms with Crippen LogP contribution in [0.4, 0.5) is 8.78 Å². The van der Waals surface area contributed by atoms with E-state index in [2.05, 4.69) is 4.90 Å². The third-order valence-electron chi connectivity index (χ3n) is 6.49. The van der Waals surface area contributed by atoms with Crippen molar-refractivity contribution in [2.24, 2.45) is 0 Å². The van der Waals surface area contributed by atoms with E-state index in [0.717, 1.165) is 11.1 Å². The van der Waals surface area contributed by atoms with Crippen LogP contribution < -0.4 is 0 Å². The van der Waals surface area contributed by atoms with Crippen LogP contribution in [0.15, 0.2) is 65.1 Å². The number of piperidine rings is 1. The number of hydrogen-bond acceptors (Lipinski definition) is 5. The van der Waals surface area contributed by atoms with E-state index in [1.54, 1.807) is 35.2 Å². The van der Waals surface area contributed by atoms with Crippen LogP contribution in [0, 0.1) is 11.6 Å². The van der Waals surface area contributed by atoms with Gasteiger partial charge in [-0.15, -0.1) is 0 Å². The average molecular weight is 483 g/mol. The van der Waals surface area contributed by atoms with Crippen molar-refractivity contribution in [1.29, 1.82) is 0 Å². The van der Waals surface area contributed by atoms with Crippen LogP contribution in [-0.4, -0.2) is 47.8 Å². The second-order valence-electron chi connectivity index (χ2n) is 9.07. The smallest absolute Gasteiger partial charge is 0.289 e. The molecule has 3 heterocycles. The monoisotopic (exact) mass is 482 g/mol. The summed E-state index contributed by atoms with van der Waals surface area (Å²) in [6, 6.07) is 16.2. The number of furan rings is 1. The lowest BCUT2D eigenvalue weighted by molar-refractivity contribution is -0.181. The van der Waals surface area contributed by atoms with E-state index in [-0.39, 0.29) is 23.3 Å². The predicted octanol–water partition coefficient (Wildman–Crippen LogP) is 4.74. The van der Waals surface area contributed by atoms with Gasteiger partial charge in [0, 0.05) is 39.0 Å². The van der Waals surface area contributed by atoms with E-state index in [1.165, 1.54) is 24.3 Å². The van der Waals surface area contributed by atoms with E-state index in [9.17, 15) is 13.6 Å². The number of rotatable bonds is 7. The molecule has 2 fully saturated rings. The Morgan fingerprint density at radius 2 is 1.57 bits per heavy atom.